The molecule has 0 spiro atoms. The van der Waals surface area contributed by atoms with Gasteiger partial charge in [0.05, 0.1) is 5.69 Å². The summed E-state index contributed by atoms with van der Waals surface area (Å²) in [5.74, 6) is 0.723. The van der Waals surface area contributed by atoms with Crippen LogP contribution in [-0.4, -0.2) is 9.78 Å². The molecule has 92 valence electrons. The molecule has 0 atom stereocenters. The lowest BCUT2D eigenvalue weighted by atomic mass is 10.1. The molecule has 0 radical (unpaired) electrons. The maximum Gasteiger partial charge on any atom is 0.0669 e. The molecule has 1 aromatic heterocycles. The van der Waals surface area contributed by atoms with Crippen molar-refractivity contribution >= 4 is 0 Å². The van der Waals surface area contributed by atoms with Crippen molar-refractivity contribution in [2.45, 2.75) is 60.0 Å². The molecule has 3 heteroatoms. The highest BCUT2D eigenvalue weighted by Crippen LogP contribution is 2.17. The molecule has 0 saturated heterocycles. The van der Waals surface area contributed by atoms with Crippen LogP contribution in [0.5, 0.6) is 0 Å². The van der Waals surface area contributed by atoms with Crippen LogP contribution in [0.15, 0.2) is 0 Å². The topological polar surface area (TPSA) is 43.8 Å². The zero-order valence-corrected chi connectivity index (χ0v) is 11.1. The standard InChI is InChI=1S/C13H25N3/c1-5-12-11(9-14)13(6-2)16(15-12)8-7-10(3)4/h10H,5-9,14H2,1-4H3. The van der Waals surface area contributed by atoms with Crippen LogP contribution in [-0.2, 0) is 25.9 Å². The van der Waals surface area contributed by atoms with Crippen molar-refractivity contribution in [3.63, 3.8) is 0 Å². The van der Waals surface area contributed by atoms with Crippen molar-refractivity contribution < 1.29 is 0 Å². The van der Waals surface area contributed by atoms with E-state index in [0.29, 0.717) is 6.54 Å². The van der Waals surface area contributed by atoms with Crippen LogP contribution < -0.4 is 5.73 Å². The minimum Gasteiger partial charge on any atom is -0.326 e. The van der Waals surface area contributed by atoms with E-state index >= 15 is 0 Å². The minimum atomic E-state index is 0.619. The Morgan fingerprint density at radius 1 is 1.25 bits per heavy atom. The predicted octanol–water partition coefficient (Wildman–Crippen LogP) is 2.51. The Kier molecular flexibility index (Phi) is 5.00. The van der Waals surface area contributed by atoms with Crippen LogP contribution in [0.1, 0.15) is 51.1 Å². The molecular weight excluding hydrogens is 198 g/mol. The van der Waals surface area contributed by atoms with Gasteiger partial charge >= 0.3 is 0 Å². The van der Waals surface area contributed by atoms with Gasteiger partial charge in [0.1, 0.15) is 0 Å². The summed E-state index contributed by atoms with van der Waals surface area (Å²) in [6.45, 7) is 10.5. The van der Waals surface area contributed by atoms with Gasteiger partial charge < -0.3 is 5.73 Å². The molecule has 0 aliphatic heterocycles. The van der Waals surface area contributed by atoms with E-state index in [2.05, 4.69) is 37.5 Å². The second-order valence-corrected chi connectivity index (χ2v) is 4.69. The summed E-state index contributed by atoms with van der Waals surface area (Å²) in [6, 6.07) is 0. The fourth-order valence-electron chi connectivity index (χ4n) is 2.07. The molecule has 0 aliphatic rings. The van der Waals surface area contributed by atoms with Gasteiger partial charge in [-0.1, -0.05) is 27.7 Å². The lowest BCUT2D eigenvalue weighted by Gasteiger charge is -2.08. The average molecular weight is 223 g/mol. The van der Waals surface area contributed by atoms with Crippen molar-refractivity contribution in [2.75, 3.05) is 0 Å². The number of nitrogens with two attached hydrogens (primary N) is 1. The fourth-order valence-corrected chi connectivity index (χ4v) is 2.07. The first-order valence-electron chi connectivity index (χ1n) is 6.41. The molecule has 0 aliphatic carbocycles. The summed E-state index contributed by atoms with van der Waals surface area (Å²) < 4.78 is 2.17. The van der Waals surface area contributed by atoms with Gasteiger partial charge in [-0.15, -0.1) is 0 Å². The fraction of sp³-hybridized carbons (Fsp3) is 0.769. The second-order valence-electron chi connectivity index (χ2n) is 4.69. The van der Waals surface area contributed by atoms with Gasteiger partial charge in [0.15, 0.2) is 0 Å². The average Bonchev–Trinajstić information content (AvgIpc) is 2.62. The van der Waals surface area contributed by atoms with E-state index in [1.54, 1.807) is 0 Å². The number of aryl methyl sites for hydroxylation is 2. The quantitative estimate of drug-likeness (QED) is 0.805. The Morgan fingerprint density at radius 2 is 1.94 bits per heavy atom. The van der Waals surface area contributed by atoms with E-state index in [1.165, 1.54) is 23.4 Å². The van der Waals surface area contributed by atoms with Gasteiger partial charge in [0, 0.05) is 24.3 Å². The lowest BCUT2D eigenvalue weighted by molar-refractivity contribution is 0.474. The summed E-state index contributed by atoms with van der Waals surface area (Å²) in [7, 11) is 0. The Labute approximate surface area is 99.0 Å². The first-order valence-corrected chi connectivity index (χ1v) is 6.41. The molecule has 0 saturated carbocycles. The smallest absolute Gasteiger partial charge is 0.0669 e. The van der Waals surface area contributed by atoms with E-state index in [0.717, 1.165) is 25.3 Å². The maximum absolute atomic E-state index is 5.82. The monoisotopic (exact) mass is 223 g/mol. The second kappa shape index (κ2) is 6.04. The number of hydrogen-bond donors (Lipinski definition) is 1. The summed E-state index contributed by atoms with van der Waals surface area (Å²) in [4.78, 5) is 0. The number of nitrogens with zero attached hydrogens (tertiary/aromatic N) is 2. The molecular formula is C13H25N3. The highest BCUT2D eigenvalue weighted by Gasteiger charge is 2.13. The van der Waals surface area contributed by atoms with Crippen molar-refractivity contribution in [1.29, 1.82) is 0 Å². The highest BCUT2D eigenvalue weighted by molar-refractivity contribution is 5.26. The molecule has 2 N–H and O–H groups in total. The normalized spacial score (nSPS) is 11.4. The predicted molar refractivity (Wildman–Crippen MR) is 68.3 cm³/mol. The lowest BCUT2D eigenvalue weighted by Crippen LogP contribution is -2.08. The van der Waals surface area contributed by atoms with Crippen LogP contribution in [0, 0.1) is 5.92 Å². The highest BCUT2D eigenvalue weighted by atomic mass is 15.3. The molecule has 1 aromatic rings. The molecule has 1 rings (SSSR count). The van der Waals surface area contributed by atoms with Crippen molar-refractivity contribution in [3.05, 3.63) is 17.0 Å². The van der Waals surface area contributed by atoms with Gasteiger partial charge in [-0.2, -0.15) is 5.10 Å². The molecule has 16 heavy (non-hydrogen) atoms. The van der Waals surface area contributed by atoms with Gasteiger partial charge in [0.2, 0.25) is 0 Å². The van der Waals surface area contributed by atoms with Crippen molar-refractivity contribution in [2.24, 2.45) is 11.7 Å². The number of rotatable bonds is 6. The SMILES string of the molecule is CCc1nn(CCC(C)C)c(CC)c1CN. The molecule has 3 nitrogen and oxygen atoms in total. The summed E-state index contributed by atoms with van der Waals surface area (Å²) >= 11 is 0. The maximum atomic E-state index is 5.82. The molecule has 0 unspecified atom stereocenters. The number of hydrogen-bond acceptors (Lipinski definition) is 2. The van der Waals surface area contributed by atoms with Crippen LogP contribution in [0.3, 0.4) is 0 Å². The van der Waals surface area contributed by atoms with Gasteiger partial charge in [-0.05, 0) is 25.2 Å². The Morgan fingerprint density at radius 3 is 2.38 bits per heavy atom. The van der Waals surface area contributed by atoms with Crippen LogP contribution >= 0.6 is 0 Å². The third-order valence-corrected chi connectivity index (χ3v) is 3.04. The summed E-state index contributed by atoms with van der Waals surface area (Å²) in [5, 5.41) is 4.68. The van der Waals surface area contributed by atoms with E-state index in [4.69, 9.17) is 5.73 Å². The molecule has 1 heterocycles. The van der Waals surface area contributed by atoms with Crippen LogP contribution in [0.25, 0.3) is 0 Å². The van der Waals surface area contributed by atoms with Crippen molar-refractivity contribution in [3.8, 4) is 0 Å². The Balaban J connectivity index is 2.94. The van der Waals surface area contributed by atoms with Gasteiger partial charge in [-0.25, -0.2) is 0 Å². The molecule has 0 bridgehead atoms. The summed E-state index contributed by atoms with van der Waals surface area (Å²) in [6.07, 6.45) is 3.19. The van der Waals surface area contributed by atoms with E-state index in [9.17, 15) is 0 Å². The van der Waals surface area contributed by atoms with Gasteiger partial charge in [0.25, 0.3) is 0 Å². The zero-order chi connectivity index (χ0) is 12.1. The Bertz CT molecular complexity index is 326. The Hall–Kier alpha value is -0.830. The molecule has 0 amide bonds. The third-order valence-electron chi connectivity index (χ3n) is 3.04. The van der Waals surface area contributed by atoms with E-state index in [1.807, 2.05) is 0 Å². The molecule has 0 fully saturated rings. The third kappa shape index (κ3) is 2.85. The minimum absolute atomic E-state index is 0.619. The van der Waals surface area contributed by atoms with Gasteiger partial charge in [-0.3, -0.25) is 4.68 Å². The first kappa shape index (κ1) is 13.2. The van der Waals surface area contributed by atoms with Crippen LogP contribution in [0.4, 0.5) is 0 Å². The van der Waals surface area contributed by atoms with E-state index in [-0.39, 0.29) is 0 Å². The van der Waals surface area contributed by atoms with Crippen LogP contribution in [0.2, 0.25) is 0 Å². The van der Waals surface area contributed by atoms with E-state index < -0.39 is 0 Å². The summed E-state index contributed by atoms with van der Waals surface area (Å²) in [5.41, 5.74) is 9.61. The number of aromatic nitrogens is 2. The first-order chi connectivity index (χ1) is 7.63. The largest absolute Gasteiger partial charge is 0.326 e. The molecule has 0 aromatic carbocycles. The van der Waals surface area contributed by atoms with Crippen molar-refractivity contribution in [1.82, 2.24) is 9.78 Å². The zero-order valence-electron chi connectivity index (χ0n) is 11.1.